The van der Waals surface area contributed by atoms with Gasteiger partial charge < -0.3 is 14.6 Å². The lowest BCUT2D eigenvalue weighted by Gasteiger charge is -2.33. The van der Waals surface area contributed by atoms with Crippen LogP contribution in [0.2, 0.25) is 0 Å². The van der Waals surface area contributed by atoms with Crippen LogP contribution in [0.4, 0.5) is 5.69 Å². The smallest absolute Gasteiger partial charge is 0.227 e. The molecule has 4 rings (SSSR count). The van der Waals surface area contributed by atoms with Crippen LogP contribution in [0, 0.1) is 12.8 Å². The Morgan fingerprint density at radius 2 is 1.93 bits per heavy atom. The van der Waals surface area contributed by atoms with E-state index < -0.39 is 0 Å². The number of anilines is 1. The number of likely N-dealkylation sites (tertiary alicyclic amines) is 1. The predicted molar refractivity (Wildman–Crippen MR) is 112 cm³/mol. The van der Waals surface area contributed by atoms with Gasteiger partial charge in [-0.2, -0.15) is 0 Å². The van der Waals surface area contributed by atoms with Crippen LogP contribution in [0.25, 0.3) is 0 Å². The molecule has 1 aromatic heterocycles. The van der Waals surface area contributed by atoms with E-state index in [4.69, 9.17) is 4.42 Å². The molecule has 2 saturated heterocycles. The minimum absolute atomic E-state index is 0.00705. The second-order valence-electron chi connectivity index (χ2n) is 8.11. The SMILES string of the molecule is Cc1ccc(N2C[C@@H](C(=O)NC[C@@H](c3ccco3)N3CCCCC3)CC2=O)cc1. The number of piperidine rings is 1. The van der Waals surface area contributed by atoms with E-state index in [1.54, 1.807) is 11.2 Å². The van der Waals surface area contributed by atoms with E-state index in [1.807, 2.05) is 43.3 Å². The third-order valence-electron chi connectivity index (χ3n) is 6.01. The summed E-state index contributed by atoms with van der Waals surface area (Å²) < 4.78 is 5.65. The highest BCUT2D eigenvalue weighted by Gasteiger charge is 2.35. The summed E-state index contributed by atoms with van der Waals surface area (Å²) in [5, 5.41) is 3.09. The van der Waals surface area contributed by atoms with Gasteiger partial charge in [0.25, 0.3) is 0 Å². The molecule has 0 bridgehead atoms. The monoisotopic (exact) mass is 395 g/mol. The van der Waals surface area contributed by atoms with Gasteiger partial charge in [-0.25, -0.2) is 0 Å². The number of hydrogen-bond acceptors (Lipinski definition) is 4. The molecule has 0 saturated carbocycles. The number of amides is 2. The van der Waals surface area contributed by atoms with Gasteiger partial charge >= 0.3 is 0 Å². The first kappa shape index (κ1) is 19.7. The maximum Gasteiger partial charge on any atom is 0.227 e. The molecule has 1 aromatic carbocycles. The summed E-state index contributed by atoms with van der Waals surface area (Å²) in [5.74, 6) is 0.521. The van der Waals surface area contributed by atoms with E-state index in [2.05, 4.69) is 10.2 Å². The Hall–Kier alpha value is -2.60. The summed E-state index contributed by atoms with van der Waals surface area (Å²) >= 11 is 0. The van der Waals surface area contributed by atoms with Gasteiger partial charge in [-0.15, -0.1) is 0 Å². The zero-order valence-electron chi connectivity index (χ0n) is 17.0. The third kappa shape index (κ3) is 4.53. The largest absolute Gasteiger partial charge is 0.468 e. The van der Waals surface area contributed by atoms with Gasteiger partial charge in [0.1, 0.15) is 5.76 Å². The van der Waals surface area contributed by atoms with E-state index in [9.17, 15) is 9.59 Å². The van der Waals surface area contributed by atoms with Crippen molar-refractivity contribution < 1.29 is 14.0 Å². The number of rotatable bonds is 6. The van der Waals surface area contributed by atoms with Gasteiger partial charge in [0.15, 0.2) is 0 Å². The Morgan fingerprint density at radius 3 is 2.62 bits per heavy atom. The summed E-state index contributed by atoms with van der Waals surface area (Å²) in [6, 6.07) is 11.8. The van der Waals surface area contributed by atoms with E-state index in [1.165, 1.54) is 19.3 Å². The Balaban J connectivity index is 1.38. The summed E-state index contributed by atoms with van der Waals surface area (Å²) in [4.78, 5) is 29.4. The number of furan rings is 1. The first-order chi connectivity index (χ1) is 14.1. The molecule has 0 radical (unpaired) electrons. The second-order valence-corrected chi connectivity index (χ2v) is 8.11. The van der Waals surface area contributed by atoms with Crippen LogP contribution in [0.15, 0.2) is 47.1 Å². The number of aryl methyl sites for hydroxylation is 1. The molecule has 2 aliphatic rings. The van der Waals surface area contributed by atoms with Crippen molar-refractivity contribution in [2.24, 2.45) is 5.92 Å². The Labute approximate surface area is 171 Å². The fraction of sp³-hybridized carbons (Fsp3) is 0.478. The minimum Gasteiger partial charge on any atom is -0.468 e. The molecule has 154 valence electrons. The quantitative estimate of drug-likeness (QED) is 0.815. The molecule has 2 atom stereocenters. The van der Waals surface area contributed by atoms with Crippen molar-refractivity contribution in [2.45, 2.75) is 38.6 Å². The average Bonchev–Trinajstić information content (AvgIpc) is 3.40. The molecule has 2 aliphatic heterocycles. The molecule has 0 spiro atoms. The summed E-state index contributed by atoms with van der Waals surface area (Å²) in [7, 11) is 0. The molecule has 2 fully saturated rings. The highest BCUT2D eigenvalue weighted by Crippen LogP contribution is 2.27. The number of hydrogen-bond donors (Lipinski definition) is 1. The lowest BCUT2D eigenvalue weighted by Crippen LogP contribution is -2.42. The van der Waals surface area contributed by atoms with Crippen LogP contribution in [-0.4, -0.2) is 42.9 Å². The lowest BCUT2D eigenvalue weighted by atomic mass is 10.1. The van der Waals surface area contributed by atoms with Crippen molar-refractivity contribution in [2.75, 3.05) is 31.1 Å². The van der Waals surface area contributed by atoms with Crippen molar-refractivity contribution in [3.8, 4) is 0 Å². The molecule has 1 N–H and O–H groups in total. The third-order valence-corrected chi connectivity index (χ3v) is 6.01. The molecule has 0 unspecified atom stereocenters. The molecule has 3 heterocycles. The van der Waals surface area contributed by atoms with Gasteiger partial charge in [0.05, 0.1) is 18.2 Å². The summed E-state index contributed by atoms with van der Waals surface area (Å²) in [6.07, 6.45) is 5.55. The average molecular weight is 396 g/mol. The maximum absolute atomic E-state index is 12.8. The van der Waals surface area contributed by atoms with Crippen LogP contribution >= 0.6 is 0 Å². The molecular formula is C23H29N3O3. The van der Waals surface area contributed by atoms with Crippen LogP contribution < -0.4 is 10.2 Å². The summed E-state index contributed by atoms with van der Waals surface area (Å²) in [6.45, 7) is 4.99. The fourth-order valence-electron chi connectivity index (χ4n) is 4.32. The zero-order chi connectivity index (χ0) is 20.2. The summed E-state index contributed by atoms with van der Waals surface area (Å²) in [5.41, 5.74) is 2.01. The Bertz CT molecular complexity index is 826. The normalized spacial score (nSPS) is 21.3. The minimum atomic E-state index is -0.317. The van der Waals surface area contributed by atoms with Crippen LogP contribution in [0.5, 0.6) is 0 Å². The lowest BCUT2D eigenvalue weighted by molar-refractivity contribution is -0.126. The van der Waals surface area contributed by atoms with Gasteiger partial charge in [-0.1, -0.05) is 24.1 Å². The highest BCUT2D eigenvalue weighted by atomic mass is 16.3. The predicted octanol–water partition coefficient (Wildman–Crippen LogP) is 3.28. The molecule has 6 heteroatoms. The van der Waals surface area contributed by atoms with Crippen molar-refractivity contribution in [1.82, 2.24) is 10.2 Å². The van der Waals surface area contributed by atoms with Gasteiger partial charge in [-0.3, -0.25) is 14.5 Å². The van der Waals surface area contributed by atoms with Crippen molar-refractivity contribution in [3.05, 3.63) is 54.0 Å². The van der Waals surface area contributed by atoms with Gasteiger partial charge in [0, 0.05) is 25.2 Å². The first-order valence-corrected chi connectivity index (χ1v) is 10.5. The topological polar surface area (TPSA) is 65.8 Å². The van der Waals surface area contributed by atoms with Gasteiger partial charge in [0.2, 0.25) is 11.8 Å². The molecule has 2 aromatic rings. The molecule has 0 aliphatic carbocycles. The van der Waals surface area contributed by atoms with Crippen molar-refractivity contribution in [1.29, 1.82) is 0 Å². The number of nitrogens with one attached hydrogen (secondary N) is 1. The fourth-order valence-corrected chi connectivity index (χ4v) is 4.32. The second kappa shape index (κ2) is 8.82. The van der Waals surface area contributed by atoms with E-state index in [0.29, 0.717) is 13.1 Å². The van der Waals surface area contributed by atoms with Crippen molar-refractivity contribution >= 4 is 17.5 Å². The van der Waals surface area contributed by atoms with Gasteiger partial charge in [-0.05, 0) is 57.1 Å². The molecule has 6 nitrogen and oxygen atoms in total. The zero-order valence-corrected chi connectivity index (χ0v) is 17.0. The molecular weight excluding hydrogens is 366 g/mol. The van der Waals surface area contributed by atoms with E-state index in [0.717, 1.165) is 30.1 Å². The Kier molecular flexibility index (Phi) is 6.00. The number of nitrogens with zero attached hydrogens (tertiary/aromatic N) is 2. The number of benzene rings is 1. The van der Waals surface area contributed by atoms with E-state index >= 15 is 0 Å². The maximum atomic E-state index is 12.8. The Morgan fingerprint density at radius 1 is 1.17 bits per heavy atom. The van der Waals surface area contributed by atoms with Crippen LogP contribution in [0.1, 0.15) is 43.0 Å². The van der Waals surface area contributed by atoms with Crippen LogP contribution in [-0.2, 0) is 9.59 Å². The number of carbonyl (C=O) groups excluding carboxylic acids is 2. The van der Waals surface area contributed by atoms with Crippen LogP contribution in [0.3, 0.4) is 0 Å². The first-order valence-electron chi connectivity index (χ1n) is 10.5. The van der Waals surface area contributed by atoms with E-state index in [-0.39, 0.29) is 30.2 Å². The van der Waals surface area contributed by atoms with Crippen molar-refractivity contribution in [3.63, 3.8) is 0 Å². The molecule has 29 heavy (non-hydrogen) atoms. The molecule has 2 amide bonds. The standard InChI is InChI=1S/C23H29N3O3/c1-17-7-9-19(10-8-17)26-16-18(14-22(26)27)23(28)24-15-20(21-6-5-13-29-21)25-11-3-2-4-12-25/h5-10,13,18,20H,2-4,11-12,14-16H2,1H3,(H,24,28)/t18-,20-/m0/s1. The highest BCUT2D eigenvalue weighted by molar-refractivity contribution is 6.00. The number of carbonyl (C=O) groups is 2.